The van der Waals surface area contributed by atoms with Gasteiger partial charge in [-0.3, -0.25) is 0 Å². The fraction of sp³-hybridized carbons (Fsp3) is 0.941. The summed E-state index contributed by atoms with van der Waals surface area (Å²) < 4.78 is 5.36. The molecule has 2 bridgehead atoms. The molecule has 1 heterocycles. The Balaban J connectivity index is 1.24. The minimum absolute atomic E-state index is 0.0635. The zero-order chi connectivity index (χ0) is 14.2. The average molecular weight is 292 g/mol. The van der Waals surface area contributed by atoms with E-state index in [0.29, 0.717) is 12.0 Å². The van der Waals surface area contributed by atoms with Crippen molar-refractivity contribution in [1.29, 1.82) is 0 Å². The molecule has 3 saturated carbocycles. The van der Waals surface area contributed by atoms with E-state index in [1.807, 2.05) is 0 Å². The minimum atomic E-state index is 0.0635. The maximum atomic E-state index is 12.2. The smallest absolute Gasteiger partial charge is 0.315 e. The molecule has 4 nitrogen and oxygen atoms in total. The first-order valence-electron chi connectivity index (χ1n) is 8.93. The summed E-state index contributed by atoms with van der Waals surface area (Å²) in [6, 6.07) is 0.512. The minimum Gasteiger partial charge on any atom is -0.381 e. The molecule has 2 N–H and O–H groups in total. The number of carbonyl (C=O) groups excluding carboxylic acids is 1. The molecule has 3 aliphatic carbocycles. The number of nitrogens with one attached hydrogen (secondary N) is 2. The lowest BCUT2D eigenvalue weighted by molar-refractivity contribution is 0.0668. The van der Waals surface area contributed by atoms with Gasteiger partial charge >= 0.3 is 6.03 Å². The summed E-state index contributed by atoms with van der Waals surface area (Å²) in [5.41, 5.74) is 0. The van der Waals surface area contributed by atoms with Crippen molar-refractivity contribution in [3.05, 3.63) is 0 Å². The summed E-state index contributed by atoms with van der Waals surface area (Å²) in [5.74, 6) is 4.20. The van der Waals surface area contributed by atoms with E-state index >= 15 is 0 Å². The van der Waals surface area contributed by atoms with Gasteiger partial charge in [0.1, 0.15) is 0 Å². The molecule has 2 amide bonds. The predicted octanol–water partition coefficient (Wildman–Crippen LogP) is 2.54. The number of amides is 2. The third kappa shape index (κ3) is 2.67. The van der Waals surface area contributed by atoms with Crippen LogP contribution in [0.3, 0.4) is 0 Å². The number of ether oxygens (including phenoxy) is 1. The summed E-state index contributed by atoms with van der Waals surface area (Å²) in [6.45, 7) is 2.51. The molecule has 1 saturated heterocycles. The lowest BCUT2D eigenvalue weighted by Gasteiger charge is -2.32. The van der Waals surface area contributed by atoms with Crippen LogP contribution in [0.25, 0.3) is 0 Å². The first-order chi connectivity index (χ1) is 10.3. The quantitative estimate of drug-likeness (QED) is 0.840. The topological polar surface area (TPSA) is 50.4 Å². The van der Waals surface area contributed by atoms with Crippen LogP contribution in [0.15, 0.2) is 0 Å². The van der Waals surface area contributed by atoms with Gasteiger partial charge in [-0.1, -0.05) is 6.42 Å². The van der Waals surface area contributed by atoms with Gasteiger partial charge in [-0.05, 0) is 68.1 Å². The summed E-state index contributed by atoms with van der Waals surface area (Å²) in [5, 5.41) is 6.37. The average Bonchev–Trinajstić information content (AvgIpc) is 3.18. The van der Waals surface area contributed by atoms with Gasteiger partial charge in [-0.15, -0.1) is 0 Å². The van der Waals surface area contributed by atoms with Gasteiger partial charge in [-0.25, -0.2) is 4.79 Å². The van der Waals surface area contributed by atoms with Crippen LogP contribution in [0.5, 0.6) is 0 Å². The zero-order valence-corrected chi connectivity index (χ0v) is 12.9. The van der Waals surface area contributed by atoms with Crippen LogP contribution < -0.4 is 10.6 Å². The van der Waals surface area contributed by atoms with Gasteiger partial charge < -0.3 is 15.4 Å². The Morgan fingerprint density at radius 1 is 1.00 bits per heavy atom. The van der Waals surface area contributed by atoms with E-state index in [-0.39, 0.29) is 6.03 Å². The SMILES string of the molecule is O=C(NCC1CCOCC1)N[C@@H]1C[C@H]2C[C@H]1[C@@H]1CCC[C@H]21. The van der Waals surface area contributed by atoms with E-state index in [1.165, 1.54) is 32.1 Å². The largest absolute Gasteiger partial charge is 0.381 e. The number of fused-ring (bicyclic) bond motifs is 5. The molecule has 0 spiro atoms. The molecule has 0 unspecified atom stereocenters. The van der Waals surface area contributed by atoms with Crippen LogP contribution >= 0.6 is 0 Å². The van der Waals surface area contributed by atoms with Crippen LogP contribution in [-0.2, 0) is 4.74 Å². The van der Waals surface area contributed by atoms with Crippen molar-refractivity contribution in [2.24, 2.45) is 29.6 Å². The molecule has 0 radical (unpaired) electrons. The Kier molecular flexibility index (Phi) is 3.82. The molecule has 0 aromatic heterocycles. The summed E-state index contributed by atoms with van der Waals surface area (Å²) in [4.78, 5) is 12.2. The molecule has 1 aliphatic heterocycles. The standard InChI is InChI=1S/C17H28N2O2/c20-17(18-10-11-4-6-21-7-5-11)19-16-9-12-8-15(16)14-3-1-2-13(12)14/h11-16H,1-10H2,(H2,18,19,20)/t12-,13-,14-,15+,16-/m1/s1. The first kappa shape index (κ1) is 13.9. The molecule has 4 aliphatic rings. The van der Waals surface area contributed by atoms with Gasteiger partial charge in [0.05, 0.1) is 0 Å². The summed E-state index contributed by atoms with van der Waals surface area (Å²) in [7, 11) is 0. The van der Waals surface area contributed by atoms with Crippen LogP contribution in [0.2, 0.25) is 0 Å². The number of carbonyl (C=O) groups is 1. The second-order valence-electron chi connectivity index (χ2n) is 7.67. The third-order valence-electron chi connectivity index (χ3n) is 6.64. The molecule has 21 heavy (non-hydrogen) atoms. The first-order valence-corrected chi connectivity index (χ1v) is 8.93. The monoisotopic (exact) mass is 292 g/mol. The Labute approximate surface area is 127 Å². The molecule has 5 atom stereocenters. The van der Waals surface area contributed by atoms with Crippen molar-refractivity contribution in [1.82, 2.24) is 10.6 Å². The Bertz CT molecular complexity index is 394. The van der Waals surface area contributed by atoms with E-state index < -0.39 is 0 Å². The predicted molar refractivity (Wildman–Crippen MR) is 80.9 cm³/mol. The Hall–Kier alpha value is -0.770. The normalized spacial score (nSPS) is 42.0. The third-order valence-corrected chi connectivity index (χ3v) is 6.64. The van der Waals surface area contributed by atoms with Gasteiger partial charge in [0.25, 0.3) is 0 Å². The van der Waals surface area contributed by atoms with Crippen LogP contribution in [0.4, 0.5) is 4.79 Å². The molecule has 0 aromatic rings. The van der Waals surface area contributed by atoms with Crippen LogP contribution in [-0.4, -0.2) is 31.8 Å². The van der Waals surface area contributed by atoms with Crippen molar-refractivity contribution in [2.45, 2.75) is 51.0 Å². The van der Waals surface area contributed by atoms with Crippen molar-refractivity contribution in [3.63, 3.8) is 0 Å². The second-order valence-corrected chi connectivity index (χ2v) is 7.67. The van der Waals surface area contributed by atoms with Gasteiger partial charge in [0.2, 0.25) is 0 Å². The molecular formula is C17H28N2O2. The highest BCUT2D eigenvalue weighted by Gasteiger charge is 2.54. The number of rotatable bonds is 3. The van der Waals surface area contributed by atoms with Crippen molar-refractivity contribution in [2.75, 3.05) is 19.8 Å². The second kappa shape index (κ2) is 5.79. The number of urea groups is 1. The molecule has 118 valence electrons. The van der Waals surface area contributed by atoms with Crippen LogP contribution in [0, 0.1) is 29.6 Å². The van der Waals surface area contributed by atoms with Crippen molar-refractivity contribution < 1.29 is 9.53 Å². The Morgan fingerprint density at radius 2 is 1.81 bits per heavy atom. The zero-order valence-electron chi connectivity index (χ0n) is 12.9. The fourth-order valence-electron chi connectivity index (χ4n) is 5.64. The maximum Gasteiger partial charge on any atom is 0.315 e. The fourth-order valence-corrected chi connectivity index (χ4v) is 5.64. The van der Waals surface area contributed by atoms with E-state index in [4.69, 9.17) is 4.74 Å². The highest BCUT2D eigenvalue weighted by atomic mass is 16.5. The van der Waals surface area contributed by atoms with E-state index in [1.54, 1.807) is 0 Å². The van der Waals surface area contributed by atoms with Gasteiger partial charge in [-0.2, -0.15) is 0 Å². The Morgan fingerprint density at radius 3 is 2.67 bits per heavy atom. The lowest BCUT2D eigenvalue weighted by Crippen LogP contribution is -2.48. The lowest BCUT2D eigenvalue weighted by atomic mass is 9.79. The number of hydrogen-bond donors (Lipinski definition) is 2. The molecule has 0 aromatic carbocycles. The van der Waals surface area contributed by atoms with E-state index in [2.05, 4.69) is 10.6 Å². The summed E-state index contributed by atoms with van der Waals surface area (Å²) in [6.07, 6.45) is 9.06. The van der Waals surface area contributed by atoms with E-state index in [0.717, 1.165) is 56.3 Å². The van der Waals surface area contributed by atoms with Crippen molar-refractivity contribution in [3.8, 4) is 0 Å². The maximum absolute atomic E-state index is 12.2. The van der Waals surface area contributed by atoms with Gasteiger partial charge in [0.15, 0.2) is 0 Å². The molecule has 4 heteroatoms. The van der Waals surface area contributed by atoms with Gasteiger partial charge in [0, 0.05) is 25.8 Å². The van der Waals surface area contributed by atoms with Crippen LogP contribution in [0.1, 0.15) is 44.9 Å². The summed E-state index contributed by atoms with van der Waals surface area (Å²) >= 11 is 0. The van der Waals surface area contributed by atoms with Crippen molar-refractivity contribution >= 4 is 6.03 Å². The molecule has 4 rings (SSSR count). The molecular weight excluding hydrogens is 264 g/mol. The number of hydrogen-bond acceptors (Lipinski definition) is 2. The van der Waals surface area contributed by atoms with E-state index in [9.17, 15) is 4.79 Å². The highest BCUT2D eigenvalue weighted by Crippen LogP contribution is 2.58. The highest BCUT2D eigenvalue weighted by molar-refractivity contribution is 5.74. The molecule has 4 fully saturated rings.